The van der Waals surface area contributed by atoms with Gasteiger partial charge in [-0.3, -0.25) is 0 Å². The van der Waals surface area contributed by atoms with Crippen molar-refractivity contribution in [2.24, 2.45) is 0 Å². The molecule has 14 heavy (non-hydrogen) atoms. The molecule has 0 bridgehead atoms. The van der Waals surface area contributed by atoms with Crippen LogP contribution in [0.5, 0.6) is 0 Å². The van der Waals surface area contributed by atoms with Crippen LogP contribution in [-0.2, 0) is 6.42 Å². The summed E-state index contributed by atoms with van der Waals surface area (Å²) in [5, 5.41) is 5.75. The van der Waals surface area contributed by atoms with Gasteiger partial charge >= 0.3 is 0 Å². The predicted octanol–water partition coefficient (Wildman–Crippen LogP) is 3.02. The maximum atomic E-state index is 3.60. The van der Waals surface area contributed by atoms with E-state index in [1.54, 1.807) is 0 Å². The topological polar surface area (TPSA) is 12.0 Å². The van der Waals surface area contributed by atoms with E-state index >= 15 is 0 Å². The number of thiophene rings is 1. The van der Waals surface area contributed by atoms with Crippen molar-refractivity contribution in [2.75, 3.05) is 12.0 Å². The third-order valence-electron chi connectivity index (χ3n) is 2.07. The van der Waals surface area contributed by atoms with E-state index in [0.717, 1.165) is 6.42 Å². The first kappa shape index (κ1) is 12.1. The molecule has 2 unspecified atom stereocenters. The van der Waals surface area contributed by atoms with Crippen LogP contribution in [0.2, 0.25) is 0 Å². The summed E-state index contributed by atoms with van der Waals surface area (Å²) in [4.78, 5) is 1.47. The molecule has 0 aliphatic rings. The standard InChI is InChI=1S/C11H19NS2/c1-9(12-10(2)8-13-3)7-11-5-4-6-14-11/h4-6,9-10,12H,7-8H2,1-3H3. The van der Waals surface area contributed by atoms with Gasteiger partial charge in [-0.25, -0.2) is 0 Å². The normalized spacial score (nSPS) is 15.4. The third-order valence-corrected chi connectivity index (χ3v) is 3.81. The maximum absolute atomic E-state index is 3.60. The van der Waals surface area contributed by atoms with Gasteiger partial charge in [-0.05, 0) is 38.0 Å². The van der Waals surface area contributed by atoms with Crippen molar-refractivity contribution in [2.45, 2.75) is 32.4 Å². The number of nitrogens with one attached hydrogen (secondary N) is 1. The molecular weight excluding hydrogens is 210 g/mol. The first-order chi connectivity index (χ1) is 6.72. The highest BCUT2D eigenvalue weighted by molar-refractivity contribution is 7.98. The lowest BCUT2D eigenvalue weighted by Crippen LogP contribution is -2.37. The molecule has 0 radical (unpaired) electrons. The van der Waals surface area contributed by atoms with E-state index < -0.39 is 0 Å². The Morgan fingerprint density at radius 2 is 2.21 bits per heavy atom. The molecule has 0 spiro atoms. The zero-order valence-electron chi connectivity index (χ0n) is 9.12. The molecule has 0 saturated heterocycles. The van der Waals surface area contributed by atoms with E-state index in [4.69, 9.17) is 0 Å². The minimum absolute atomic E-state index is 0.579. The number of hydrogen-bond donors (Lipinski definition) is 1. The molecule has 0 aliphatic heterocycles. The Labute approximate surface area is 95.3 Å². The molecule has 1 heterocycles. The highest BCUT2D eigenvalue weighted by atomic mass is 32.2. The molecule has 0 amide bonds. The second kappa shape index (κ2) is 6.49. The van der Waals surface area contributed by atoms with Gasteiger partial charge in [0.1, 0.15) is 0 Å². The SMILES string of the molecule is CSCC(C)NC(C)Cc1cccs1. The van der Waals surface area contributed by atoms with Crippen molar-refractivity contribution < 1.29 is 0 Å². The molecule has 1 nitrogen and oxygen atoms in total. The van der Waals surface area contributed by atoms with Crippen LogP contribution in [-0.4, -0.2) is 24.1 Å². The van der Waals surface area contributed by atoms with Crippen molar-refractivity contribution in [1.29, 1.82) is 0 Å². The van der Waals surface area contributed by atoms with Crippen LogP contribution in [0.4, 0.5) is 0 Å². The Hall–Kier alpha value is 0.01000. The Balaban J connectivity index is 2.25. The first-order valence-electron chi connectivity index (χ1n) is 4.99. The van der Waals surface area contributed by atoms with Crippen LogP contribution in [0, 0.1) is 0 Å². The van der Waals surface area contributed by atoms with Crippen LogP contribution in [0.25, 0.3) is 0 Å². The van der Waals surface area contributed by atoms with Crippen LogP contribution < -0.4 is 5.32 Å². The van der Waals surface area contributed by atoms with Gasteiger partial charge in [-0.2, -0.15) is 11.8 Å². The van der Waals surface area contributed by atoms with Crippen molar-refractivity contribution in [3.8, 4) is 0 Å². The van der Waals surface area contributed by atoms with Gasteiger partial charge in [0.15, 0.2) is 0 Å². The van der Waals surface area contributed by atoms with Crippen LogP contribution in [0.1, 0.15) is 18.7 Å². The summed E-state index contributed by atoms with van der Waals surface area (Å²) in [6, 6.07) is 5.52. The Bertz CT molecular complexity index is 233. The molecule has 0 fully saturated rings. The maximum Gasteiger partial charge on any atom is 0.0132 e. The summed E-state index contributed by atoms with van der Waals surface area (Å²) in [6.07, 6.45) is 3.30. The van der Waals surface area contributed by atoms with Crippen LogP contribution in [0.3, 0.4) is 0 Å². The van der Waals surface area contributed by atoms with E-state index in [0.29, 0.717) is 12.1 Å². The Kier molecular flexibility index (Phi) is 5.60. The molecule has 3 heteroatoms. The molecule has 1 aromatic heterocycles. The van der Waals surface area contributed by atoms with Gasteiger partial charge in [0.05, 0.1) is 0 Å². The van der Waals surface area contributed by atoms with Gasteiger partial charge in [0, 0.05) is 22.7 Å². The first-order valence-corrected chi connectivity index (χ1v) is 7.27. The largest absolute Gasteiger partial charge is 0.311 e. The fourth-order valence-electron chi connectivity index (χ4n) is 1.57. The summed E-state index contributed by atoms with van der Waals surface area (Å²) >= 11 is 3.75. The van der Waals surface area contributed by atoms with Gasteiger partial charge in [0.25, 0.3) is 0 Å². The van der Waals surface area contributed by atoms with Crippen LogP contribution in [0.15, 0.2) is 17.5 Å². The quantitative estimate of drug-likeness (QED) is 0.805. The summed E-state index contributed by atoms with van der Waals surface area (Å²) in [5.41, 5.74) is 0. The number of rotatable bonds is 6. The van der Waals surface area contributed by atoms with Gasteiger partial charge in [0.2, 0.25) is 0 Å². The summed E-state index contributed by atoms with van der Waals surface area (Å²) < 4.78 is 0. The van der Waals surface area contributed by atoms with Crippen molar-refractivity contribution in [3.05, 3.63) is 22.4 Å². The summed E-state index contributed by atoms with van der Waals surface area (Å²) in [6.45, 7) is 4.51. The predicted molar refractivity (Wildman–Crippen MR) is 68.5 cm³/mol. The van der Waals surface area contributed by atoms with Gasteiger partial charge in [-0.15, -0.1) is 11.3 Å². The monoisotopic (exact) mass is 229 g/mol. The minimum Gasteiger partial charge on any atom is -0.311 e. The minimum atomic E-state index is 0.579. The second-order valence-corrected chi connectivity index (χ2v) is 5.65. The number of hydrogen-bond acceptors (Lipinski definition) is 3. The molecule has 1 rings (SSSR count). The fourth-order valence-corrected chi connectivity index (χ4v) is 3.00. The third kappa shape index (κ3) is 4.49. The molecule has 0 aliphatic carbocycles. The van der Waals surface area contributed by atoms with Gasteiger partial charge in [-0.1, -0.05) is 6.07 Å². The van der Waals surface area contributed by atoms with E-state index in [1.165, 1.54) is 10.6 Å². The molecular formula is C11H19NS2. The molecule has 0 saturated carbocycles. The Morgan fingerprint density at radius 3 is 2.79 bits per heavy atom. The number of thioether (sulfide) groups is 1. The molecule has 2 atom stereocenters. The molecule has 1 N–H and O–H groups in total. The summed E-state index contributed by atoms with van der Waals surface area (Å²) in [7, 11) is 0. The summed E-state index contributed by atoms with van der Waals surface area (Å²) in [5.74, 6) is 1.19. The lowest BCUT2D eigenvalue weighted by Gasteiger charge is -2.18. The van der Waals surface area contributed by atoms with E-state index in [-0.39, 0.29) is 0 Å². The van der Waals surface area contributed by atoms with E-state index in [9.17, 15) is 0 Å². The molecule has 80 valence electrons. The zero-order chi connectivity index (χ0) is 10.4. The van der Waals surface area contributed by atoms with Gasteiger partial charge < -0.3 is 5.32 Å². The average Bonchev–Trinajstić information content (AvgIpc) is 2.56. The highest BCUT2D eigenvalue weighted by Gasteiger charge is 2.07. The second-order valence-electron chi connectivity index (χ2n) is 3.71. The highest BCUT2D eigenvalue weighted by Crippen LogP contribution is 2.11. The van der Waals surface area contributed by atoms with E-state index in [1.807, 2.05) is 23.1 Å². The van der Waals surface area contributed by atoms with E-state index in [2.05, 4.69) is 42.9 Å². The van der Waals surface area contributed by atoms with Crippen LogP contribution >= 0.6 is 23.1 Å². The van der Waals surface area contributed by atoms with Crippen molar-refractivity contribution in [3.63, 3.8) is 0 Å². The Morgan fingerprint density at radius 1 is 1.43 bits per heavy atom. The molecule has 1 aromatic rings. The van der Waals surface area contributed by atoms with Crippen molar-refractivity contribution >= 4 is 23.1 Å². The lowest BCUT2D eigenvalue weighted by molar-refractivity contribution is 0.494. The fraction of sp³-hybridized carbons (Fsp3) is 0.636. The zero-order valence-corrected chi connectivity index (χ0v) is 10.8. The molecule has 0 aromatic carbocycles. The smallest absolute Gasteiger partial charge is 0.0132 e. The van der Waals surface area contributed by atoms with Crippen molar-refractivity contribution in [1.82, 2.24) is 5.32 Å². The lowest BCUT2D eigenvalue weighted by atomic mass is 10.2. The average molecular weight is 229 g/mol.